The van der Waals surface area contributed by atoms with Gasteiger partial charge < -0.3 is 19.7 Å². The maximum atomic E-state index is 15.3. The van der Waals surface area contributed by atoms with Gasteiger partial charge in [0.15, 0.2) is 11.4 Å². The van der Waals surface area contributed by atoms with E-state index in [0.29, 0.717) is 41.9 Å². The van der Waals surface area contributed by atoms with Crippen LogP contribution in [0.4, 0.5) is 31.0 Å². The molecule has 4 heterocycles. The summed E-state index contributed by atoms with van der Waals surface area (Å²) in [7, 11) is 1.26. The molecule has 3 aromatic rings. The van der Waals surface area contributed by atoms with Crippen molar-refractivity contribution >= 4 is 52.7 Å². The number of aromatic nitrogens is 1. The largest absolute Gasteiger partial charge is 0.453 e. The molecule has 13 heteroatoms. The number of likely N-dealkylation sites (tertiary alicyclic amines) is 1. The van der Waals surface area contributed by atoms with E-state index in [4.69, 9.17) is 16.3 Å². The minimum absolute atomic E-state index is 0.0286. The normalized spacial score (nSPS) is 21.1. The van der Waals surface area contributed by atoms with E-state index in [0.717, 1.165) is 5.56 Å². The van der Waals surface area contributed by atoms with Crippen molar-refractivity contribution in [1.82, 2.24) is 9.88 Å². The van der Waals surface area contributed by atoms with Crippen LogP contribution in [0.15, 0.2) is 48.7 Å². The van der Waals surface area contributed by atoms with E-state index in [-0.39, 0.29) is 54.0 Å². The lowest BCUT2D eigenvalue weighted by Crippen LogP contribution is -2.44. The second-order valence-electron chi connectivity index (χ2n) is 11.0. The highest BCUT2D eigenvalue weighted by Gasteiger charge is 2.51. The third kappa shape index (κ3) is 5.52. The Bertz CT molecular complexity index is 1690. The topological polar surface area (TPSA) is 139 Å². The van der Waals surface area contributed by atoms with Crippen LogP contribution in [-0.2, 0) is 24.7 Å². The van der Waals surface area contributed by atoms with Crippen LogP contribution in [0.2, 0.25) is 5.02 Å². The van der Waals surface area contributed by atoms with Gasteiger partial charge in [-0.3, -0.25) is 25.2 Å². The van der Waals surface area contributed by atoms with Crippen LogP contribution in [-0.4, -0.2) is 54.1 Å². The number of nitrogens with one attached hydrogen (secondary N) is 3. The zero-order valence-corrected chi connectivity index (χ0v) is 24.5. The molecule has 4 amide bonds. The van der Waals surface area contributed by atoms with Crippen LogP contribution in [0.5, 0.6) is 0 Å². The van der Waals surface area contributed by atoms with Crippen LogP contribution in [0.3, 0.4) is 0 Å². The summed E-state index contributed by atoms with van der Waals surface area (Å²) < 4.78 is 25.7. The number of nitrogens with zero attached hydrogens (tertiary/aromatic N) is 2. The van der Waals surface area contributed by atoms with Crippen molar-refractivity contribution < 1.29 is 33.0 Å². The molecule has 11 nitrogen and oxygen atoms in total. The average molecular weight is 622 g/mol. The first-order valence-corrected chi connectivity index (χ1v) is 14.6. The van der Waals surface area contributed by atoms with Crippen molar-refractivity contribution in [3.05, 3.63) is 70.6 Å². The molecular formula is C31H29ClFN5O6. The maximum absolute atomic E-state index is 15.3. The lowest BCUT2D eigenvalue weighted by atomic mass is 9.89. The third-order valence-electron chi connectivity index (χ3n) is 8.25. The number of ether oxygens (including phenoxy) is 2. The van der Waals surface area contributed by atoms with Gasteiger partial charge in [0.25, 0.3) is 0 Å². The molecule has 0 saturated carbocycles. The Balaban J connectivity index is 1.33. The van der Waals surface area contributed by atoms with Crippen molar-refractivity contribution in [2.75, 3.05) is 36.1 Å². The van der Waals surface area contributed by atoms with E-state index in [1.165, 1.54) is 19.2 Å². The number of methoxy groups -OCH3 is 1. The van der Waals surface area contributed by atoms with Crippen LogP contribution in [0.1, 0.15) is 49.1 Å². The zero-order valence-electron chi connectivity index (χ0n) is 23.7. The summed E-state index contributed by atoms with van der Waals surface area (Å²) in [4.78, 5) is 57.4. The van der Waals surface area contributed by atoms with E-state index in [1.54, 1.807) is 35.4 Å². The van der Waals surface area contributed by atoms with E-state index >= 15 is 4.39 Å². The van der Waals surface area contributed by atoms with Crippen LogP contribution in [0.25, 0.3) is 11.3 Å². The molecule has 0 aliphatic carbocycles. The van der Waals surface area contributed by atoms with Gasteiger partial charge in [-0.1, -0.05) is 18.0 Å². The van der Waals surface area contributed by atoms with Crippen molar-refractivity contribution in [3.8, 4) is 11.3 Å². The van der Waals surface area contributed by atoms with Gasteiger partial charge in [-0.25, -0.2) is 14.0 Å². The standard InChI is InChI=1S/C31H29ClFN5O6/c1-43-29(41)35-18-6-7-20-23-14-17(10-12-34-23)19(4-2-3-5-25(39)36-24(20)15-18)28(40)38-13-11-31(16-38)26-22(37-30(42)44-31)9-8-21(32)27(26)33/h6-10,12,14-15,19H,2-5,11,13,16H2,1H3,(H,35,41)(H,36,39)(H,37,42)/t19?,31-/m0/s1. The number of hydrogen-bond acceptors (Lipinski definition) is 7. The van der Waals surface area contributed by atoms with E-state index < -0.39 is 29.5 Å². The van der Waals surface area contributed by atoms with E-state index in [9.17, 15) is 19.2 Å². The Morgan fingerprint density at radius 1 is 1.14 bits per heavy atom. The number of halogens is 2. The first kappa shape index (κ1) is 29.4. The Morgan fingerprint density at radius 3 is 2.80 bits per heavy atom. The van der Waals surface area contributed by atoms with Crippen molar-refractivity contribution in [2.24, 2.45) is 0 Å². The summed E-state index contributed by atoms with van der Waals surface area (Å²) in [5.74, 6) is -1.68. The highest BCUT2D eigenvalue weighted by molar-refractivity contribution is 6.31. The molecule has 3 aliphatic heterocycles. The molecule has 44 heavy (non-hydrogen) atoms. The van der Waals surface area contributed by atoms with Crippen molar-refractivity contribution in [3.63, 3.8) is 0 Å². The zero-order chi connectivity index (χ0) is 31.0. The average Bonchev–Trinajstić information content (AvgIpc) is 3.41. The summed E-state index contributed by atoms with van der Waals surface area (Å²) >= 11 is 6.09. The number of pyridine rings is 1. The number of anilines is 3. The van der Waals surface area contributed by atoms with Gasteiger partial charge in [0.1, 0.15) is 0 Å². The molecule has 1 saturated heterocycles. The molecule has 3 aliphatic rings. The molecule has 2 atom stereocenters. The smallest absolute Gasteiger partial charge is 0.412 e. The quantitative estimate of drug-likeness (QED) is 0.319. The minimum Gasteiger partial charge on any atom is -0.453 e. The lowest BCUT2D eigenvalue weighted by molar-refractivity contribution is -0.133. The minimum atomic E-state index is -1.37. The van der Waals surface area contributed by atoms with Gasteiger partial charge >= 0.3 is 12.2 Å². The fraction of sp³-hybridized carbons (Fsp3) is 0.323. The molecule has 0 radical (unpaired) electrons. The number of benzene rings is 2. The molecular weight excluding hydrogens is 593 g/mol. The van der Waals surface area contributed by atoms with E-state index in [2.05, 4.69) is 25.7 Å². The summed E-state index contributed by atoms with van der Waals surface area (Å²) in [6, 6.07) is 11.5. The molecule has 1 aromatic heterocycles. The summed E-state index contributed by atoms with van der Waals surface area (Å²) in [5, 5.41) is 7.94. The van der Waals surface area contributed by atoms with Crippen LogP contribution >= 0.6 is 11.6 Å². The number of hydrogen-bond donors (Lipinski definition) is 3. The van der Waals surface area contributed by atoms with Gasteiger partial charge in [0.2, 0.25) is 11.8 Å². The second kappa shape index (κ2) is 11.8. The third-order valence-corrected chi connectivity index (χ3v) is 8.54. The van der Waals surface area contributed by atoms with Gasteiger partial charge in [-0.2, -0.15) is 0 Å². The Hall–Kier alpha value is -4.71. The predicted octanol–water partition coefficient (Wildman–Crippen LogP) is 6.01. The number of carbonyl (C=O) groups excluding carboxylic acids is 4. The number of fused-ring (bicyclic) bond motifs is 6. The molecule has 1 spiro atoms. The number of carbonyl (C=O) groups is 4. The molecule has 6 rings (SSSR count). The molecule has 2 aromatic carbocycles. The van der Waals surface area contributed by atoms with Crippen molar-refractivity contribution in [2.45, 2.75) is 43.6 Å². The Labute approximate surface area is 257 Å². The van der Waals surface area contributed by atoms with Crippen molar-refractivity contribution in [1.29, 1.82) is 0 Å². The van der Waals surface area contributed by atoms with Gasteiger partial charge in [0, 0.05) is 36.8 Å². The molecule has 3 N–H and O–H groups in total. The fourth-order valence-corrected chi connectivity index (χ4v) is 6.31. The summed E-state index contributed by atoms with van der Waals surface area (Å²) in [5.41, 5.74) is 1.76. The lowest BCUT2D eigenvalue weighted by Gasteiger charge is -2.36. The fourth-order valence-electron chi connectivity index (χ4n) is 6.15. The van der Waals surface area contributed by atoms with Gasteiger partial charge in [-0.15, -0.1) is 0 Å². The molecule has 228 valence electrons. The molecule has 2 bridgehead atoms. The highest BCUT2D eigenvalue weighted by atomic mass is 35.5. The first-order chi connectivity index (χ1) is 21.2. The Morgan fingerprint density at radius 2 is 1.98 bits per heavy atom. The Kier molecular flexibility index (Phi) is 7.85. The van der Waals surface area contributed by atoms with Crippen LogP contribution < -0.4 is 16.0 Å². The number of rotatable bonds is 2. The molecule has 1 unspecified atom stereocenters. The molecule has 1 fully saturated rings. The second-order valence-corrected chi connectivity index (χ2v) is 11.4. The monoisotopic (exact) mass is 621 g/mol. The predicted molar refractivity (Wildman–Crippen MR) is 160 cm³/mol. The first-order valence-electron chi connectivity index (χ1n) is 14.2. The van der Waals surface area contributed by atoms with E-state index in [1.807, 2.05) is 6.07 Å². The highest BCUT2D eigenvalue weighted by Crippen LogP contribution is 2.46. The SMILES string of the molecule is COC(=O)Nc1ccc2c(c1)NC(=O)CCCCC(C(=O)N1CC[C@@]3(C1)OC(=O)Nc1ccc(Cl)c(F)c13)c1ccnc-2c1. The van der Waals surface area contributed by atoms with Crippen LogP contribution in [0, 0.1) is 5.82 Å². The van der Waals surface area contributed by atoms with Gasteiger partial charge in [-0.05, 0) is 60.9 Å². The maximum Gasteiger partial charge on any atom is 0.412 e. The summed E-state index contributed by atoms with van der Waals surface area (Å²) in [6.07, 6.45) is 2.26. The summed E-state index contributed by atoms with van der Waals surface area (Å²) in [6.45, 7) is 0.215. The number of amides is 4. The van der Waals surface area contributed by atoms with Gasteiger partial charge in [0.05, 0.1) is 47.2 Å².